The number of hydrogen-bond acceptors (Lipinski definition) is 4. The fraction of sp³-hybridized carbons (Fsp3) is 0.381. The van der Waals surface area contributed by atoms with Crippen LogP contribution in [0.25, 0.3) is 0 Å². The third kappa shape index (κ3) is 3.57. The Morgan fingerprint density at radius 1 is 1.32 bits per heavy atom. The molecule has 2 amide bonds. The van der Waals surface area contributed by atoms with Crippen LogP contribution in [-0.4, -0.2) is 35.6 Å². The minimum atomic E-state index is -0.472. The predicted octanol–water partition coefficient (Wildman–Crippen LogP) is 1.87. The van der Waals surface area contributed by atoms with E-state index in [0.29, 0.717) is 36.5 Å². The van der Waals surface area contributed by atoms with E-state index in [9.17, 15) is 14.4 Å². The number of aromatic nitrogens is 1. The minimum Gasteiger partial charge on any atom is -0.376 e. The number of hydrogen-bond donors (Lipinski definition) is 2. The number of rotatable bonds is 4. The van der Waals surface area contributed by atoms with Crippen LogP contribution in [0.1, 0.15) is 44.7 Å². The molecule has 1 unspecified atom stereocenters. The molecular weight excluding hydrogens is 358 g/mol. The zero-order valence-corrected chi connectivity index (χ0v) is 15.8. The second-order valence-electron chi connectivity index (χ2n) is 7.30. The summed E-state index contributed by atoms with van der Waals surface area (Å²) in [4.78, 5) is 37.7. The molecule has 1 atom stereocenters. The molecule has 0 saturated carbocycles. The molecule has 1 aromatic carbocycles. The van der Waals surface area contributed by atoms with Gasteiger partial charge in [-0.25, -0.2) is 0 Å². The van der Waals surface area contributed by atoms with Crippen LogP contribution in [0, 0.1) is 6.92 Å². The van der Waals surface area contributed by atoms with Crippen LogP contribution < -0.4 is 16.2 Å². The van der Waals surface area contributed by atoms with E-state index in [4.69, 9.17) is 4.74 Å². The summed E-state index contributed by atoms with van der Waals surface area (Å²) in [7, 11) is 0. The molecule has 2 aliphatic heterocycles. The van der Waals surface area contributed by atoms with Crippen molar-refractivity contribution in [3.8, 4) is 0 Å². The monoisotopic (exact) mass is 381 g/mol. The number of carbonyl (C=O) groups is 2. The maximum atomic E-state index is 12.9. The van der Waals surface area contributed by atoms with Crippen molar-refractivity contribution in [3.05, 3.63) is 63.1 Å². The van der Waals surface area contributed by atoms with E-state index in [1.165, 1.54) is 4.57 Å². The van der Waals surface area contributed by atoms with Crippen molar-refractivity contribution in [2.24, 2.45) is 0 Å². The first-order valence-corrected chi connectivity index (χ1v) is 9.57. The van der Waals surface area contributed by atoms with Gasteiger partial charge in [-0.05, 0) is 55.5 Å². The topological polar surface area (TPSA) is 89.4 Å². The van der Waals surface area contributed by atoms with Crippen molar-refractivity contribution >= 4 is 17.5 Å². The summed E-state index contributed by atoms with van der Waals surface area (Å²) in [5.41, 5.74) is 2.41. The SMILES string of the molecule is Cc1ccn(CC2CCCO2)c(=O)c1C(=O)Nc1ccc2c(c1)C(=O)NCC2. The number of pyridine rings is 1. The normalized spacial score (nSPS) is 18.5. The van der Waals surface area contributed by atoms with Crippen molar-refractivity contribution in [3.63, 3.8) is 0 Å². The number of ether oxygens (including phenoxy) is 1. The largest absolute Gasteiger partial charge is 0.376 e. The molecule has 1 saturated heterocycles. The number of anilines is 1. The predicted molar refractivity (Wildman–Crippen MR) is 105 cm³/mol. The Labute approximate surface area is 162 Å². The molecule has 28 heavy (non-hydrogen) atoms. The van der Waals surface area contributed by atoms with E-state index in [-0.39, 0.29) is 23.1 Å². The van der Waals surface area contributed by atoms with E-state index < -0.39 is 5.91 Å². The highest BCUT2D eigenvalue weighted by Gasteiger charge is 2.21. The quantitative estimate of drug-likeness (QED) is 0.846. The molecule has 0 bridgehead atoms. The Hall–Kier alpha value is -2.93. The van der Waals surface area contributed by atoms with Crippen molar-refractivity contribution in [1.82, 2.24) is 9.88 Å². The Balaban J connectivity index is 1.58. The lowest BCUT2D eigenvalue weighted by Crippen LogP contribution is -2.33. The Morgan fingerprint density at radius 2 is 2.18 bits per heavy atom. The first kappa shape index (κ1) is 18.4. The molecule has 7 nitrogen and oxygen atoms in total. The molecule has 0 aliphatic carbocycles. The molecule has 2 aliphatic rings. The van der Waals surface area contributed by atoms with Crippen LogP contribution in [-0.2, 0) is 17.7 Å². The molecule has 3 heterocycles. The molecule has 0 radical (unpaired) electrons. The van der Waals surface area contributed by atoms with Gasteiger partial charge in [0, 0.05) is 30.6 Å². The third-order valence-electron chi connectivity index (χ3n) is 5.32. The summed E-state index contributed by atoms with van der Waals surface area (Å²) in [6.45, 7) is 3.51. The van der Waals surface area contributed by atoms with Crippen LogP contribution in [0.4, 0.5) is 5.69 Å². The smallest absolute Gasteiger partial charge is 0.263 e. The molecule has 1 fully saturated rings. The summed E-state index contributed by atoms with van der Waals surface area (Å²) in [6, 6.07) is 7.03. The summed E-state index contributed by atoms with van der Waals surface area (Å²) < 4.78 is 7.14. The second-order valence-corrected chi connectivity index (χ2v) is 7.30. The maximum absolute atomic E-state index is 12.9. The number of nitrogens with one attached hydrogen (secondary N) is 2. The third-order valence-corrected chi connectivity index (χ3v) is 5.32. The number of benzene rings is 1. The zero-order chi connectivity index (χ0) is 19.7. The minimum absolute atomic E-state index is 0.00970. The van der Waals surface area contributed by atoms with Gasteiger partial charge >= 0.3 is 0 Å². The lowest BCUT2D eigenvalue weighted by Gasteiger charge is -2.18. The average molecular weight is 381 g/mol. The summed E-state index contributed by atoms with van der Waals surface area (Å²) in [5.74, 6) is -0.618. The zero-order valence-electron chi connectivity index (χ0n) is 15.8. The van der Waals surface area contributed by atoms with E-state index >= 15 is 0 Å². The number of aryl methyl sites for hydroxylation is 1. The summed E-state index contributed by atoms with van der Waals surface area (Å²) in [5, 5.41) is 5.56. The van der Waals surface area contributed by atoms with Gasteiger partial charge in [-0.2, -0.15) is 0 Å². The Morgan fingerprint density at radius 3 is 2.96 bits per heavy atom. The fourth-order valence-corrected chi connectivity index (χ4v) is 3.78. The van der Waals surface area contributed by atoms with E-state index in [0.717, 1.165) is 24.8 Å². The van der Waals surface area contributed by atoms with Crippen LogP contribution >= 0.6 is 0 Å². The van der Waals surface area contributed by atoms with Crippen molar-refractivity contribution in [2.45, 2.75) is 38.8 Å². The van der Waals surface area contributed by atoms with Gasteiger partial charge in [0.1, 0.15) is 5.56 Å². The fourth-order valence-electron chi connectivity index (χ4n) is 3.78. The summed E-state index contributed by atoms with van der Waals surface area (Å²) >= 11 is 0. The van der Waals surface area contributed by atoms with Gasteiger partial charge in [-0.3, -0.25) is 14.4 Å². The molecule has 2 aromatic rings. The van der Waals surface area contributed by atoms with Gasteiger partial charge < -0.3 is 19.9 Å². The van der Waals surface area contributed by atoms with E-state index in [2.05, 4.69) is 10.6 Å². The molecule has 0 spiro atoms. The van der Waals surface area contributed by atoms with Gasteiger partial charge in [0.05, 0.1) is 12.6 Å². The van der Waals surface area contributed by atoms with Gasteiger partial charge in [0.25, 0.3) is 17.4 Å². The maximum Gasteiger partial charge on any atom is 0.263 e. The number of fused-ring (bicyclic) bond motifs is 1. The highest BCUT2D eigenvalue weighted by atomic mass is 16.5. The molecule has 2 N–H and O–H groups in total. The lowest BCUT2D eigenvalue weighted by atomic mass is 9.99. The highest BCUT2D eigenvalue weighted by Crippen LogP contribution is 2.20. The van der Waals surface area contributed by atoms with Crippen molar-refractivity contribution in [2.75, 3.05) is 18.5 Å². The van der Waals surface area contributed by atoms with Crippen LogP contribution in [0.5, 0.6) is 0 Å². The molecular formula is C21H23N3O4. The van der Waals surface area contributed by atoms with Crippen LogP contribution in [0.3, 0.4) is 0 Å². The molecule has 146 valence electrons. The molecule has 1 aromatic heterocycles. The van der Waals surface area contributed by atoms with Gasteiger partial charge in [0.2, 0.25) is 0 Å². The number of amides is 2. The Bertz CT molecular complexity index is 990. The average Bonchev–Trinajstić information content (AvgIpc) is 3.18. The first-order valence-electron chi connectivity index (χ1n) is 9.57. The van der Waals surface area contributed by atoms with Gasteiger partial charge in [-0.1, -0.05) is 6.07 Å². The summed E-state index contributed by atoms with van der Waals surface area (Å²) in [6.07, 6.45) is 4.39. The van der Waals surface area contributed by atoms with Crippen molar-refractivity contribution < 1.29 is 14.3 Å². The van der Waals surface area contributed by atoms with Crippen LogP contribution in [0.2, 0.25) is 0 Å². The first-order chi connectivity index (χ1) is 13.5. The van der Waals surface area contributed by atoms with E-state index in [1.807, 2.05) is 6.07 Å². The van der Waals surface area contributed by atoms with E-state index in [1.54, 1.807) is 31.3 Å². The van der Waals surface area contributed by atoms with Gasteiger partial charge in [-0.15, -0.1) is 0 Å². The Kier molecular flexibility index (Phi) is 5.00. The van der Waals surface area contributed by atoms with Crippen molar-refractivity contribution in [1.29, 1.82) is 0 Å². The molecule has 7 heteroatoms. The van der Waals surface area contributed by atoms with Gasteiger partial charge in [0.15, 0.2) is 0 Å². The van der Waals surface area contributed by atoms with Crippen LogP contribution in [0.15, 0.2) is 35.3 Å². The standard InChI is InChI=1S/C21H23N3O4/c1-13-7-9-24(12-16-3-2-10-28-16)21(27)18(13)20(26)23-15-5-4-14-6-8-22-19(25)17(14)11-15/h4-5,7,9,11,16H,2-3,6,8,10,12H2,1H3,(H,22,25)(H,23,26). The lowest BCUT2D eigenvalue weighted by molar-refractivity contribution is 0.0944. The number of carbonyl (C=O) groups excluding carboxylic acids is 2. The number of nitrogens with zero attached hydrogens (tertiary/aromatic N) is 1. The second kappa shape index (κ2) is 7.59. The highest BCUT2D eigenvalue weighted by molar-refractivity contribution is 6.06. The molecule has 4 rings (SSSR count).